The van der Waals surface area contributed by atoms with Crippen molar-refractivity contribution in [2.24, 2.45) is 0 Å². The van der Waals surface area contributed by atoms with E-state index in [1.807, 2.05) is 18.2 Å². The average molecular weight is 254 g/mol. The van der Waals surface area contributed by atoms with Gasteiger partial charge in [0, 0.05) is 24.8 Å². The van der Waals surface area contributed by atoms with Gasteiger partial charge < -0.3 is 0 Å². The largest absolute Gasteiger partial charge is 0.292 e. The lowest BCUT2D eigenvalue weighted by Crippen LogP contribution is -2.24. The van der Waals surface area contributed by atoms with Gasteiger partial charge in [0.2, 0.25) is 10.0 Å². The highest BCUT2D eigenvalue weighted by Crippen LogP contribution is 2.27. The van der Waals surface area contributed by atoms with E-state index in [1.165, 1.54) is 17.4 Å². The predicted octanol–water partition coefficient (Wildman–Crippen LogP) is 1.78. The normalized spacial score (nSPS) is 16.2. The molecule has 94 valence electrons. The summed E-state index contributed by atoms with van der Waals surface area (Å²) in [5.41, 5.74) is 3.15. The van der Waals surface area contributed by atoms with Crippen LogP contribution in [0.3, 0.4) is 0 Å². The molecule has 0 amide bonds. The smallest absolute Gasteiger partial charge is 0.229 e. The van der Waals surface area contributed by atoms with Crippen molar-refractivity contribution in [3.8, 4) is 0 Å². The van der Waals surface area contributed by atoms with Crippen LogP contribution >= 0.6 is 0 Å². The number of fused-ring (bicyclic) bond motifs is 1. The van der Waals surface area contributed by atoms with Crippen LogP contribution in [-0.2, 0) is 23.1 Å². The molecule has 1 aliphatic rings. The third-order valence-corrected chi connectivity index (χ3v) is 3.59. The van der Waals surface area contributed by atoms with Gasteiger partial charge in [0.1, 0.15) is 0 Å². The molecule has 0 aliphatic carbocycles. The summed E-state index contributed by atoms with van der Waals surface area (Å²) in [6.07, 6.45) is 1.17. The van der Waals surface area contributed by atoms with Crippen molar-refractivity contribution >= 4 is 15.7 Å². The monoisotopic (exact) mass is 254 g/mol. The number of hydrogen-bond donors (Lipinski definition) is 1. The van der Waals surface area contributed by atoms with E-state index in [1.54, 1.807) is 0 Å². The lowest BCUT2D eigenvalue weighted by atomic mass is 10.1. The summed E-state index contributed by atoms with van der Waals surface area (Å²) in [7, 11) is -3.19. The first-order valence-electron chi connectivity index (χ1n) is 5.69. The molecular weight excluding hydrogens is 236 g/mol. The Morgan fingerprint density at radius 1 is 1.24 bits per heavy atom. The molecule has 0 atom stereocenters. The zero-order chi connectivity index (χ0) is 12.6. The van der Waals surface area contributed by atoms with Crippen LogP contribution in [0.4, 0.5) is 5.69 Å². The van der Waals surface area contributed by atoms with E-state index in [-0.39, 0.29) is 0 Å². The summed E-state index contributed by atoms with van der Waals surface area (Å²) in [6, 6.07) is 6.27. The van der Waals surface area contributed by atoms with E-state index < -0.39 is 10.0 Å². The number of rotatable bonds is 3. The van der Waals surface area contributed by atoms with Gasteiger partial charge in [-0.15, -0.1) is 0 Å². The summed E-state index contributed by atoms with van der Waals surface area (Å²) < 4.78 is 24.8. The maximum atomic E-state index is 11.2. The standard InChI is InChI=1S/C12H18N2O2S/c1-9(2)14-7-10-4-5-12(6-11(10)8-14)13-17(3,15)16/h4-6,9,13H,7-8H2,1-3H3. The Labute approximate surface area is 103 Å². The third kappa shape index (κ3) is 2.98. The van der Waals surface area contributed by atoms with Gasteiger partial charge in [0.05, 0.1) is 6.26 Å². The molecule has 0 aromatic heterocycles. The minimum Gasteiger partial charge on any atom is -0.292 e. The van der Waals surface area contributed by atoms with Crippen LogP contribution < -0.4 is 4.72 Å². The van der Waals surface area contributed by atoms with Crippen LogP contribution in [0.5, 0.6) is 0 Å². The minimum atomic E-state index is -3.19. The fourth-order valence-electron chi connectivity index (χ4n) is 2.06. The highest BCUT2D eigenvalue weighted by atomic mass is 32.2. The zero-order valence-electron chi connectivity index (χ0n) is 10.4. The number of anilines is 1. The van der Waals surface area contributed by atoms with E-state index in [4.69, 9.17) is 0 Å². The minimum absolute atomic E-state index is 0.508. The molecule has 1 aromatic carbocycles. The van der Waals surface area contributed by atoms with Crippen molar-refractivity contribution in [1.82, 2.24) is 4.90 Å². The SMILES string of the molecule is CC(C)N1Cc2ccc(NS(C)(=O)=O)cc2C1. The first-order chi connectivity index (χ1) is 7.85. The fraction of sp³-hybridized carbons (Fsp3) is 0.500. The molecule has 1 N–H and O–H groups in total. The Kier molecular flexibility index (Phi) is 3.14. The molecule has 0 spiro atoms. The Hall–Kier alpha value is -1.07. The quantitative estimate of drug-likeness (QED) is 0.894. The van der Waals surface area contributed by atoms with Gasteiger partial charge in [-0.3, -0.25) is 9.62 Å². The van der Waals surface area contributed by atoms with E-state index in [0.717, 1.165) is 13.1 Å². The second-order valence-electron chi connectivity index (χ2n) is 4.86. The van der Waals surface area contributed by atoms with E-state index in [2.05, 4.69) is 23.5 Å². The number of nitrogens with zero attached hydrogens (tertiary/aromatic N) is 1. The molecule has 17 heavy (non-hydrogen) atoms. The third-order valence-electron chi connectivity index (χ3n) is 2.99. The molecule has 4 nitrogen and oxygen atoms in total. The summed E-state index contributed by atoms with van der Waals surface area (Å²) in [4.78, 5) is 2.36. The number of sulfonamides is 1. The first kappa shape index (κ1) is 12.4. The molecule has 0 saturated heterocycles. The maximum absolute atomic E-state index is 11.2. The molecule has 0 radical (unpaired) electrons. The fourth-order valence-corrected chi connectivity index (χ4v) is 2.62. The van der Waals surface area contributed by atoms with E-state index in [9.17, 15) is 8.42 Å². The number of benzene rings is 1. The van der Waals surface area contributed by atoms with E-state index in [0.29, 0.717) is 11.7 Å². The molecule has 0 unspecified atom stereocenters. The van der Waals surface area contributed by atoms with Gasteiger partial charge in [-0.05, 0) is 37.1 Å². The summed E-state index contributed by atoms with van der Waals surface area (Å²) >= 11 is 0. The lowest BCUT2D eigenvalue weighted by molar-refractivity contribution is 0.227. The molecule has 0 saturated carbocycles. The van der Waals surface area contributed by atoms with Crippen LogP contribution in [0.15, 0.2) is 18.2 Å². The van der Waals surface area contributed by atoms with Crippen molar-refractivity contribution in [2.45, 2.75) is 33.0 Å². The molecule has 0 bridgehead atoms. The van der Waals surface area contributed by atoms with Crippen molar-refractivity contribution in [3.05, 3.63) is 29.3 Å². The molecule has 1 aliphatic heterocycles. The maximum Gasteiger partial charge on any atom is 0.229 e. The molecule has 1 aromatic rings. The molecule has 5 heteroatoms. The number of hydrogen-bond acceptors (Lipinski definition) is 3. The van der Waals surface area contributed by atoms with Gasteiger partial charge in [-0.25, -0.2) is 8.42 Å². The molecular formula is C12H18N2O2S. The molecule has 1 heterocycles. The lowest BCUT2D eigenvalue weighted by Gasteiger charge is -2.18. The second-order valence-corrected chi connectivity index (χ2v) is 6.60. The highest BCUT2D eigenvalue weighted by Gasteiger charge is 2.21. The predicted molar refractivity (Wildman–Crippen MR) is 69.3 cm³/mol. The van der Waals surface area contributed by atoms with E-state index >= 15 is 0 Å². The summed E-state index contributed by atoms with van der Waals surface area (Å²) in [5, 5.41) is 0. The van der Waals surface area contributed by atoms with Crippen LogP contribution in [0.25, 0.3) is 0 Å². The van der Waals surface area contributed by atoms with Crippen LogP contribution in [0.2, 0.25) is 0 Å². The average Bonchev–Trinajstić information content (AvgIpc) is 2.57. The first-order valence-corrected chi connectivity index (χ1v) is 7.58. The zero-order valence-corrected chi connectivity index (χ0v) is 11.2. The van der Waals surface area contributed by atoms with Crippen molar-refractivity contribution in [1.29, 1.82) is 0 Å². The van der Waals surface area contributed by atoms with Crippen molar-refractivity contribution in [3.63, 3.8) is 0 Å². The molecule has 0 fully saturated rings. The number of nitrogens with one attached hydrogen (secondary N) is 1. The van der Waals surface area contributed by atoms with Crippen LogP contribution in [0.1, 0.15) is 25.0 Å². The van der Waals surface area contributed by atoms with Crippen LogP contribution in [0, 0.1) is 0 Å². The summed E-state index contributed by atoms with van der Waals surface area (Å²) in [5.74, 6) is 0. The Bertz CT molecular complexity index is 523. The summed E-state index contributed by atoms with van der Waals surface area (Å²) in [6.45, 7) is 6.18. The van der Waals surface area contributed by atoms with Gasteiger partial charge >= 0.3 is 0 Å². The highest BCUT2D eigenvalue weighted by molar-refractivity contribution is 7.92. The van der Waals surface area contributed by atoms with Gasteiger partial charge in [0.25, 0.3) is 0 Å². The van der Waals surface area contributed by atoms with Crippen LogP contribution in [-0.4, -0.2) is 25.6 Å². The Morgan fingerprint density at radius 2 is 1.88 bits per heavy atom. The Balaban J connectivity index is 2.21. The Morgan fingerprint density at radius 3 is 2.47 bits per heavy atom. The van der Waals surface area contributed by atoms with Gasteiger partial charge in [0.15, 0.2) is 0 Å². The van der Waals surface area contributed by atoms with Gasteiger partial charge in [-0.1, -0.05) is 6.07 Å². The van der Waals surface area contributed by atoms with Crippen molar-refractivity contribution < 1.29 is 8.42 Å². The van der Waals surface area contributed by atoms with Gasteiger partial charge in [-0.2, -0.15) is 0 Å². The molecule has 2 rings (SSSR count). The second kappa shape index (κ2) is 4.31. The topological polar surface area (TPSA) is 49.4 Å². The van der Waals surface area contributed by atoms with Crippen molar-refractivity contribution in [2.75, 3.05) is 11.0 Å².